The van der Waals surface area contributed by atoms with Crippen molar-refractivity contribution in [3.63, 3.8) is 0 Å². The van der Waals surface area contributed by atoms with Gasteiger partial charge >= 0.3 is 0 Å². The molecule has 2 aliphatic rings. The largest absolute Gasteiger partial charge is 0.337 e. The molecule has 0 unspecified atom stereocenters. The molecule has 1 aromatic carbocycles. The third-order valence-corrected chi connectivity index (χ3v) is 6.65. The summed E-state index contributed by atoms with van der Waals surface area (Å²) in [5, 5.41) is 5.59. The van der Waals surface area contributed by atoms with Crippen LogP contribution in [0, 0.1) is 11.8 Å². The standard InChI is InChI=1S/C15H13Cl3N2OS.ClH/c16-9-1-10(17)12-11(2-9)22-14(13(12)18)15(21)20-5-7-3-19-4-8(7)6-20;/h1-2,7-8,19H,3-6H2;1H/t7-,8+;. The topological polar surface area (TPSA) is 32.3 Å². The van der Waals surface area contributed by atoms with Crippen LogP contribution >= 0.6 is 58.5 Å². The smallest absolute Gasteiger partial charge is 0.265 e. The summed E-state index contributed by atoms with van der Waals surface area (Å²) < 4.78 is 0.854. The Morgan fingerprint density at radius 1 is 1.17 bits per heavy atom. The summed E-state index contributed by atoms with van der Waals surface area (Å²) >= 11 is 20.1. The molecule has 2 aromatic rings. The molecule has 3 heterocycles. The maximum atomic E-state index is 12.8. The second kappa shape index (κ2) is 6.58. The number of likely N-dealkylation sites (tertiary alicyclic amines) is 1. The lowest BCUT2D eigenvalue weighted by Gasteiger charge is -2.16. The van der Waals surface area contributed by atoms with Crippen molar-refractivity contribution in [2.75, 3.05) is 26.2 Å². The second-order valence-corrected chi connectivity index (χ2v) is 8.17. The molecule has 3 nitrogen and oxygen atoms in total. The Kier molecular flexibility index (Phi) is 5.03. The van der Waals surface area contributed by atoms with Gasteiger partial charge in [0, 0.05) is 41.3 Å². The van der Waals surface area contributed by atoms with Gasteiger partial charge in [-0.3, -0.25) is 4.79 Å². The number of fused-ring (bicyclic) bond motifs is 2. The fourth-order valence-electron chi connectivity index (χ4n) is 3.41. The summed E-state index contributed by atoms with van der Waals surface area (Å²) in [4.78, 5) is 15.3. The lowest BCUT2D eigenvalue weighted by molar-refractivity contribution is 0.0786. The zero-order chi connectivity index (χ0) is 15.4. The van der Waals surface area contributed by atoms with E-state index in [0.29, 0.717) is 31.8 Å². The molecule has 1 aromatic heterocycles. The van der Waals surface area contributed by atoms with Gasteiger partial charge in [0.05, 0.1) is 10.0 Å². The summed E-state index contributed by atoms with van der Waals surface area (Å²) in [6.45, 7) is 3.59. The van der Waals surface area contributed by atoms with Gasteiger partial charge < -0.3 is 10.2 Å². The number of hydrogen-bond acceptors (Lipinski definition) is 3. The van der Waals surface area contributed by atoms with Crippen LogP contribution in [0.1, 0.15) is 9.67 Å². The van der Waals surface area contributed by atoms with Gasteiger partial charge in [-0.05, 0) is 24.0 Å². The van der Waals surface area contributed by atoms with E-state index in [0.717, 1.165) is 36.3 Å². The molecule has 2 fully saturated rings. The van der Waals surface area contributed by atoms with Crippen LogP contribution in [0.2, 0.25) is 15.1 Å². The molecule has 0 bridgehead atoms. The predicted molar refractivity (Wildman–Crippen MR) is 99.9 cm³/mol. The summed E-state index contributed by atoms with van der Waals surface area (Å²) in [7, 11) is 0. The van der Waals surface area contributed by atoms with Crippen molar-refractivity contribution in [2.24, 2.45) is 11.8 Å². The monoisotopic (exact) mass is 410 g/mol. The minimum Gasteiger partial charge on any atom is -0.337 e. The summed E-state index contributed by atoms with van der Waals surface area (Å²) in [6.07, 6.45) is 0. The van der Waals surface area contributed by atoms with E-state index in [1.807, 2.05) is 4.90 Å². The summed E-state index contributed by atoms with van der Waals surface area (Å²) in [5.41, 5.74) is 0. The number of nitrogens with zero attached hydrogens (tertiary/aromatic N) is 1. The van der Waals surface area contributed by atoms with Crippen LogP contribution in [0.25, 0.3) is 10.1 Å². The normalized spacial score (nSPS) is 23.2. The van der Waals surface area contributed by atoms with Crippen LogP contribution in [0.5, 0.6) is 0 Å². The van der Waals surface area contributed by atoms with Crippen molar-refractivity contribution in [3.05, 3.63) is 32.1 Å². The van der Waals surface area contributed by atoms with Gasteiger partial charge in [0.25, 0.3) is 5.91 Å². The van der Waals surface area contributed by atoms with Gasteiger partial charge in [0.15, 0.2) is 0 Å². The number of nitrogens with one attached hydrogen (secondary N) is 1. The maximum Gasteiger partial charge on any atom is 0.265 e. The van der Waals surface area contributed by atoms with Crippen LogP contribution in [-0.2, 0) is 0 Å². The molecule has 0 radical (unpaired) electrons. The van der Waals surface area contributed by atoms with E-state index in [1.165, 1.54) is 11.3 Å². The molecule has 124 valence electrons. The van der Waals surface area contributed by atoms with E-state index >= 15 is 0 Å². The molecule has 0 saturated carbocycles. The zero-order valence-electron chi connectivity index (χ0n) is 11.9. The van der Waals surface area contributed by atoms with Crippen molar-refractivity contribution in [1.82, 2.24) is 10.2 Å². The number of amides is 1. The Labute approximate surface area is 159 Å². The zero-order valence-corrected chi connectivity index (χ0v) is 15.8. The van der Waals surface area contributed by atoms with Crippen molar-refractivity contribution in [2.45, 2.75) is 0 Å². The van der Waals surface area contributed by atoms with Crippen molar-refractivity contribution in [3.8, 4) is 0 Å². The molecule has 8 heteroatoms. The van der Waals surface area contributed by atoms with E-state index in [9.17, 15) is 4.79 Å². The van der Waals surface area contributed by atoms with Crippen molar-refractivity contribution >= 4 is 74.5 Å². The third kappa shape index (κ3) is 2.94. The lowest BCUT2D eigenvalue weighted by atomic mass is 10.0. The van der Waals surface area contributed by atoms with Crippen LogP contribution < -0.4 is 5.32 Å². The van der Waals surface area contributed by atoms with Crippen LogP contribution in [-0.4, -0.2) is 37.0 Å². The van der Waals surface area contributed by atoms with Crippen LogP contribution in [0.3, 0.4) is 0 Å². The third-order valence-electron chi connectivity index (χ3n) is 4.52. The molecule has 0 aliphatic carbocycles. The fourth-order valence-corrected chi connectivity index (χ4v) is 5.76. The minimum atomic E-state index is 0. The van der Waals surface area contributed by atoms with Gasteiger partial charge in [-0.25, -0.2) is 0 Å². The number of rotatable bonds is 1. The van der Waals surface area contributed by atoms with Gasteiger partial charge in [-0.1, -0.05) is 34.8 Å². The Morgan fingerprint density at radius 2 is 1.83 bits per heavy atom. The average Bonchev–Trinajstić information content (AvgIpc) is 3.10. The Hall–Kier alpha value is -0.230. The van der Waals surface area contributed by atoms with Gasteiger partial charge in [0.1, 0.15) is 4.88 Å². The van der Waals surface area contributed by atoms with E-state index in [4.69, 9.17) is 34.8 Å². The highest BCUT2D eigenvalue weighted by Crippen LogP contribution is 2.42. The number of carbonyl (C=O) groups excluding carboxylic acids is 1. The Bertz CT molecular complexity index is 766. The lowest BCUT2D eigenvalue weighted by Crippen LogP contribution is -2.31. The summed E-state index contributed by atoms with van der Waals surface area (Å²) in [6, 6.07) is 3.46. The van der Waals surface area contributed by atoms with Crippen LogP contribution in [0.15, 0.2) is 12.1 Å². The SMILES string of the molecule is Cl.O=C(c1sc2cc(Cl)cc(Cl)c2c1Cl)N1C[C@H]2CNC[C@H]2C1. The van der Waals surface area contributed by atoms with E-state index in [2.05, 4.69) is 5.32 Å². The quantitative estimate of drug-likeness (QED) is 0.744. The molecule has 1 amide bonds. The highest BCUT2D eigenvalue weighted by atomic mass is 35.5. The molecule has 2 aliphatic heterocycles. The summed E-state index contributed by atoms with van der Waals surface area (Å²) in [5.74, 6) is 1.14. The molecule has 2 atom stereocenters. The Balaban J connectivity index is 0.00000156. The number of benzene rings is 1. The maximum absolute atomic E-state index is 12.8. The van der Waals surface area contributed by atoms with Gasteiger partial charge in [-0.15, -0.1) is 23.7 Å². The van der Waals surface area contributed by atoms with Crippen LogP contribution in [0.4, 0.5) is 0 Å². The van der Waals surface area contributed by atoms with Crippen molar-refractivity contribution in [1.29, 1.82) is 0 Å². The highest BCUT2D eigenvalue weighted by molar-refractivity contribution is 7.21. The minimum absolute atomic E-state index is 0. The first kappa shape index (κ1) is 17.6. The van der Waals surface area contributed by atoms with Gasteiger partial charge in [0.2, 0.25) is 0 Å². The molecular formula is C15H14Cl4N2OS. The highest BCUT2D eigenvalue weighted by Gasteiger charge is 2.39. The Morgan fingerprint density at radius 3 is 2.48 bits per heavy atom. The first-order valence-electron chi connectivity index (χ1n) is 7.11. The average molecular weight is 412 g/mol. The molecule has 2 saturated heterocycles. The first-order valence-corrected chi connectivity index (χ1v) is 9.06. The number of halogens is 4. The number of hydrogen-bond donors (Lipinski definition) is 1. The van der Waals surface area contributed by atoms with E-state index < -0.39 is 0 Å². The van der Waals surface area contributed by atoms with Crippen molar-refractivity contribution < 1.29 is 4.79 Å². The van der Waals surface area contributed by atoms with E-state index in [-0.39, 0.29) is 18.3 Å². The number of carbonyl (C=O) groups is 1. The molecule has 4 rings (SSSR count). The molecule has 1 N–H and O–H groups in total. The predicted octanol–water partition coefficient (Wildman–Crippen LogP) is 4.57. The van der Waals surface area contributed by atoms with E-state index in [1.54, 1.807) is 12.1 Å². The second-order valence-electron chi connectivity index (χ2n) is 5.89. The molecular weight excluding hydrogens is 398 g/mol. The molecule has 23 heavy (non-hydrogen) atoms. The molecule has 0 spiro atoms. The number of thiophene rings is 1. The fraction of sp³-hybridized carbons (Fsp3) is 0.400. The van der Waals surface area contributed by atoms with Gasteiger partial charge in [-0.2, -0.15) is 0 Å². The first-order chi connectivity index (χ1) is 10.5.